The van der Waals surface area contributed by atoms with Crippen molar-refractivity contribution in [2.75, 3.05) is 0 Å². The van der Waals surface area contributed by atoms with Gasteiger partial charge in [-0.15, -0.1) is 0 Å². The molecule has 1 unspecified atom stereocenters. The minimum absolute atomic E-state index is 0.0110. The molecule has 0 aromatic heterocycles. The van der Waals surface area contributed by atoms with Crippen LogP contribution in [0, 0.1) is 11.3 Å². The van der Waals surface area contributed by atoms with Gasteiger partial charge in [0.1, 0.15) is 0 Å². The van der Waals surface area contributed by atoms with E-state index in [1.165, 1.54) is 12.1 Å². The summed E-state index contributed by atoms with van der Waals surface area (Å²) in [5.74, 6) is 0. The van der Waals surface area contributed by atoms with E-state index in [0.29, 0.717) is 0 Å². The highest BCUT2D eigenvalue weighted by Gasteiger charge is 2.34. The summed E-state index contributed by atoms with van der Waals surface area (Å²) in [5, 5.41) is 8.75. The van der Waals surface area contributed by atoms with Crippen molar-refractivity contribution in [1.29, 1.82) is 5.26 Å². The molecular formula is C16H11BrF3N. The Hall–Kier alpha value is -1.80. The first kappa shape index (κ1) is 15.6. The molecule has 108 valence electrons. The van der Waals surface area contributed by atoms with Crippen molar-refractivity contribution < 1.29 is 13.2 Å². The molecule has 1 nitrogen and oxygen atoms in total. The van der Waals surface area contributed by atoms with E-state index in [-0.39, 0.29) is 22.4 Å². The minimum Gasteiger partial charge on any atom is -0.192 e. The van der Waals surface area contributed by atoms with Crippen LogP contribution in [-0.4, -0.2) is 0 Å². The lowest BCUT2D eigenvalue weighted by atomic mass is 9.97. The number of rotatable bonds is 3. The SMILES string of the molecule is N#Cc1ccc(CC(Br)c2ccccc2)c(C(F)(F)F)c1. The smallest absolute Gasteiger partial charge is 0.192 e. The highest BCUT2D eigenvalue weighted by Crippen LogP contribution is 2.36. The van der Waals surface area contributed by atoms with Crippen LogP contribution in [-0.2, 0) is 12.6 Å². The van der Waals surface area contributed by atoms with Gasteiger partial charge in [-0.3, -0.25) is 0 Å². The van der Waals surface area contributed by atoms with Crippen LogP contribution in [0.2, 0.25) is 0 Å². The number of nitriles is 1. The Morgan fingerprint density at radius 2 is 1.76 bits per heavy atom. The zero-order valence-electron chi connectivity index (χ0n) is 10.9. The van der Waals surface area contributed by atoms with E-state index < -0.39 is 11.7 Å². The molecule has 0 saturated heterocycles. The Labute approximate surface area is 129 Å². The zero-order valence-corrected chi connectivity index (χ0v) is 12.4. The Morgan fingerprint density at radius 1 is 1.10 bits per heavy atom. The molecule has 0 heterocycles. The van der Waals surface area contributed by atoms with Crippen LogP contribution in [0.15, 0.2) is 48.5 Å². The van der Waals surface area contributed by atoms with Gasteiger partial charge in [-0.1, -0.05) is 52.3 Å². The standard InChI is InChI=1S/C16H11BrF3N/c17-15(12-4-2-1-3-5-12)9-13-7-6-11(10-21)8-14(13)16(18,19)20/h1-8,15H,9H2. The normalized spacial score (nSPS) is 12.7. The van der Waals surface area contributed by atoms with Crippen LogP contribution in [0.5, 0.6) is 0 Å². The van der Waals surface area contributed by atoms with E-state index in [1.807, 2.05) is 30.3 Å². The molecule has 0 saturated carbocycles. The summed E-state index contributed by atoms with van der Waals surface area (Å²) in [6.07, 6.45) is -4.27. The molecule has 0 fully saturated rings. The van der Waals surface area contributed by atoms with Gasteiger partial charge in [0.25, 0.3) is 0 Å². The number of halogens is 4. The van der Waals surface area contributed by atoms with Crippen molar-refractivity contribution in [2.45, 2.75) is 17.4 Å². The number of hydrogen-bond acceptors (Lipinski definition) is 1. The van der Waals surface area contributed by atoms with E-state index >= 15 is 0 Å². The maximum Gasteiger partial charge on any atom is 0.416 e. The molecule has 0 amide bonds. The Bertz CT molecular complexity index is 659. The van der Waals surface area contributed by atoms with Gasteiger partial charge in [-0.25, -0.2) is 0 Å². The van der Waals surface area contributed by atoms with Crippen molar-refractivity contribution in [3.8, 4) is 6.07 Å². The third-order valence-corrected chi connectivity index (χ3v) is 3.96. The summed E-state index contributed by atoms with van der Waals surface area (Å²) in [5.41, 5.74) is 0.348. The Kier molecular flexibility index (Phi) is 4.69. The van der Waals surface area contributed by atoms with Gasteiger partial charge < -0.3 is 0 Å². The highest BCUT2D eigenvalue weighted by molar-refractivity contribution is 9.09. The van der Waals surface area contributed by atoms with Crippen LogP contribution in [0.3, 0.4) is 0 Å². The summed E-state index contributed by atoms with van der Waals surface area (Å²) in [4.78, 5) is -0.215. The van der Waals surface area contributed by atoms with Crippen molar-refractivity contribution in [1.82, 2.24) is 0 Å². The Morgan fingerprint density at radius 3 is 2.33 bits per heavy atom. The maximum absolute atomic E-state index is 13.1. The third kappa shape index (κ3) is 3.85. The van der Waals surface area contributed by atoms with E-state index in [0.717, 1.165) is 11.6 Å². The number of benzene rings is 2. The first-order valence-electron chi connectivity index (χ1n) is 6.21. The van der Waals surface area contributed by atoms with Crippen molar-refractivity contribution in [3.05, 3.63) is 70.8 Å². The van der Waals surface area contributed by atoms with E-state index in [9.17, 15) is 13.2 Å². The van der Waals surface area contributed by atoms with E-state index in [4.69, 9.17) is 5.26 Å². The van der Waals surface area contributed by atoms with E-state index in [2.05, 4.69) is 15.9 Å². The van der Waals surface area contributed by atoms with Crippen LogP contribution >= 0.6 is 15.9 Å². The molecule has 0 radical (unpaired) electrons. The van der Waals surface area contributed by atoms with Crippen LogP contribution in [0.1, 0.15) is 27.1 Å². The minimum atomic E-state index is -4.47. The van der Waals surface area contributed by atoms with Crippen LogP contribution in [0.25, 0.3) is 0 Å². The Balaban J connectivity index is 2.34. The highest BCUT2D eigenvalue weighted by atomic mass is 79.9. The van der Waals surface area contributed by atoms with Crippen molar-refractivity contribution in [2.24, 2.45) is 0 Å². The molecule has 0 aliphatic heterocycles. The molecule has 0 aliphatic carbocycles. The lowest BCUT2D eigenvalue weighted by molar-refractivity contribution is -0.138. The van der Waals surface area contributed by atoms with Gasteiger partial charge in [0.05, 0.1) is 17.2 Å². The molecule has 21 heavy (non-hydrogen) atoms. The van der Waals surface area contributed by atoms with Gasteiger partial charge in [-0.05, 0) is 29.7 Å². The summed E-state index contributed by atoms with van der Waals surface area (Å²) < 4.78 is 39.3. The lowest BCUT2D eigenvalue weighted by Crippen LogP contribution is -2.11. The molecule has 5 heteroatoms. The van der Waals surface area contributed by atoms with Crippen molar-refractivity contribution >= 4 is 15.9 Å². The first-order valence-corrected chi connectivity index (χ1v) is 7.12. The monoisotopic (exact) mass is 353 g/mol. The first-order chi connectivity index (χ1) is 9.91. The predicted molar refractivity (Wildman–Crippen MR) is 78.0 cm³/mol. The zero-order chi connectivity index (χ0) is 15.5. The van der Waals surface area contributed by atoms with Gasteiger partial charge in [0, 0.05) is 4.83 Å². The number of alkyl halides is 4. The molecule has 2 aromatic rings. The second-order valence-corrected chi connectivity index (χ2v) is 5.67. The molecule has 2 rings (SSSR count). The second kappa shape index (κ2) is 6.31. The quantitative estimate of drug-likeness (QED) is 0.690. The van der Waals surface area contributed by atoms with Crippen LogP contribution < -0.4 is 0 Å². The van der Waals surface area contributed by atoms with Gasteiger partial charge >= 0.3 is 6.18 Å². The molecular weight excluding hydrogens is 343 g/mol. The average Bonchev–Trinajstić information content (AvgIpc) is 2.47. The predicted octanol–water partition coefficient (Wildman–Crippen LogP) is 5.26. The van der Waals surface area contributed by atoms with E-state index in [1.54, 1.807) is 6.07 Å². The summed E-state index contributed by atoms with van der Waals surface area (Å²) in [6.45, 7) is 0. The lowest BCUT2D eigenvalue weighted by Gasteiger charge is -2.16. The van der Waals surface area contributed by atoms with Gasteiger partial charge in [-0.2, -0.15) is 18.4 Å². The summed E-state index contributed by atoms with van der Waals surface area (Å²) in [7, 11) is 0. The number of hydrogen-bond donors (Lipinski definition) is 0. The van der Waals surface area contributed by atoms with Gasteiger partial charge in [0.2, 0.25) is 0 Å². The largest absolute Gasteiger partial charge is 0.416 e. The summed E-state index contributed by atoms with van der Waals surface area (Å²) in [6, 6.07) is 14.7. The van der Waals surface area contributed by atoms with Crippen LogP contribution in [0.4, 0.5) is 13.2 Å². The molecule has 0 N–H and O–H groups in total. The molecule has 2 aromatic carbocycles. The third-order valence-electron chi connectivity index (χ3n) is 3.10. The topological polar surface area (TPSA) is 23.8 Å². The molecule has 1 atom stereocenters. The fourth-order valence-corrected chi connectivity index (χ4v) is 2.71. The second-order valence-electron chi connectivity index (χ2n) is 4.56. The fraction of sp³-hybridized carbons (Fsp3) is 0.188. The molecule has 0 spiro atoms. The molecule has 0 aliphatic rings. The average molecular weight is 354 g/mol. The fourth-order valence-electron chi connectivity index (χ4n) is 2.06. The number of nitrogens with zero attached hydrogens (tertiary/aromatic N) is 1. The van der Waals surface area contributed by atoms with Gasteiger partial charge in [0.15, 0.2) is 0 Å². The van der Waals surface area contributed by atoms with Crippen molar-refractivity contribution in [3.63, 3.8) is 0 Å². The maximum atomic E-state index is 13.1. The summed E-state index contributed by atoms with van der Waals surface area (Å²) >= 11 is 3.43. The molecule has 0 bridgehead atoms.